The predicted molar refractivity (Wildman–Crippen MR) is 118 cm³/mol. The van der Waals surface area contributed by atoms with E-state index in [1.54, 1.807) is 6.20 Å². The topological polar surface area (TPSA) is 140 Å². The number of nitrogens with one attached hydrogen (secondary N) is 2. The molecule has 0 fully saturated rings. The Morgan fingerprint density at radius 3 is 2.45 bits per heavy atom. The number of hydrogen-bond acceptors (Lipinski definition) is 9. The lowest BCUT2D eigenvalue weighted by atomic mass is 10.2. The summed E-state index contributed by atoms with van der Waals surface area (Å²) >= 11 is 0. The van der Waals surface area contributed by atoms with Crippen molar-refractivity contribution in [2.75, 3.05) is 30.0 Å². The fourth-order valence-corrected chi connectivity index (χ4v) is 3.47. The SMILES string of the molecule is Cc1nc(-c2ccccn2)nc(NCCNc2ccc(S(C)(=O)=O)cc2[N+](=O)[O-])c1C. The van der Waals surface area contributed by atoms with E-state index in [4.69, 9.17) is 0 Å². The summed E-state index contributed by atoms with van der Waals surface area (Å²) in [6.07, 6.45) is 2.68. The van der Waals surface area contributed by atoms with E-state index in [9.17, 15) is 18.5 Å². The molecule has 0 unspecified atom stereocenters. The zero-order valence-electron chi connectivity index (χ0n) is 17.3. The quantitative estimate of drug-likeness (QED) is 0.306. The highest BCUT2D eigenvalue weighted by Crippen LogP contribution is 2.27. The number of nitrogens with zero attached hydrogens (tertiary/aromatic N) is 4. The summed E-state index contributed by atoms with van der Waals surface area (Å²) in [6, 6.07) is 9.30. The van der Waals surface area contributed by atoms with Gasteiger partial charge in [0.05, 0.1) is 9.82 Å². The van der Waals surface area contributed by atoms with Gasteiger partial charge in [0.2, 0.25) is 0 Å². The van der Waals surface area contributed by atoms with Crippen molar-refractivity contribution in [3.63, 3.8) is 0 Å². The first-order valence-corrected chi connectivity index (χ1v) is 11.3. The molecule has 0 saturated carbocycles. The van der Waals surface area contributed by atoms with Gasteiger partial charge in [-0.05, 0) is 38.1 Å². The maximum absolute atomic E-state index is 11.7. The molecule has 3 rings (SSSR count). The zero-order chi connectivity index (χ0) is 22.6. The fraction of sp³-hybridized carbons (Fsp3) is 0.250. The Labute approximate surface area is 179 Å². The normalized spacial score (nSPS) is 11.2. The van der Waals surface area contributed by atoms with E-state index in [1.165, 1.54) is 12.1 Å². The molecule has 10 nitrogen and oxygen atoms in total. The molecule has 2 N–H and O–H groups in total. The van der Waals surface area contributed by atoms with Crippen LogP contribution in [0.25, 0.3) is 11.5 Å². The van der Waals surface area contributed by atoms with Crippen molar-refractivity contribution in [1.29, 1.82) is 0 Å². The van der Waals surface area contributed by atoms with Gasteiger partial charge in [-0.1, -0.05) is 6.07 Å². The Hall–Kier alpha value is -3.60. The Bertz CT molecular complexity index is 1220. The van der Waals surface area contributed by atoms with Gasteiger partial charge in [0, 0.05) is 42.9 Å². The lowest BCUT2D eigenvalue weighted by Crippen LogP contribution is -2.16. The highest BCUT2D eigenvalue weighted by molar-refractivity contribution is 7.90. The molecule has 0 aliphatic rings. The number of pyridine rings is 1. The summed E-state index contributed by atoms with van der Waals surface area (Å²) in [5.74, 6) is 1.16. The van der Waals surface area contributed by atoms with Crippen LogP contribution in [0.1, 0.15) is 11.3 Å². The van der Waals surface area contributed by atoms with Gasteiger partial charge in [0.1, 0.15) is 17.2 Å². The van der Waals surface area contributed by atoms with E-state index in [0.717, 1.165) is 23.6 Å². The van der Waals surface area contributed by atoms with Gasteiger partial charge in [-0.2, -0.15) is 0 Å². The summed E-state index contributed by atoms with van der Waals surface area (Å²) in [6.45, 7) is 4.56. The maximum Gasteiger partial charge on any atom is 0.293 e. The van der Waals surface area contributed by atoms with E-state index >= 15 is 0 Å². The van der Waals surface area contributed by atoms with Crippen molar-refractivity contribution < 1.29 is 13.3 Å². The van der Waals surface area contributed by atoms with Gasteiger partial charge in [-0.15, -0.1) is 0 Å². The number of rotatable bonds is 8. The van der Waals surface area contributed by atoms with E-state index in [2.05, 4.69) is 25.6 Å². The molecule has 0 spiro atoms. The third-order valence-electron chi connectivity index (χ3n) is 4.61. The number of aryl methyl sites for hydroxylation is 1. The molecule has 2 heterocycles. The zero-order valence-corrected chi connectivity index (χ0v) is 18.1. The number of hydrogen-bond donors (Lipinski definition) is 2. The molecule has 0 saturated heterocycles. The molecular weight excluding hydrogens is 420 g/mol. The monoisotopic (exact) mass is 442 g/mol. The largest absolute Gasteiger partial charge is 0.378 e. The summed E-state index contributed by atoms with van der Waals surface area (Å²) < 4.78 is 23.3. The van der Waals surface area contributed by atoms with Crippen molar-refractivity contribution >= 4 is 27.0 Å². The highest BCUT2D eigenvalue weighted by Gasteiger charge is 2.18. The summed E-state index contributed by atoms with van der Waals surface area (Å²) in [4.78, 5) is 23.9. The molecular formula is C20H22N6O4S. The lowest BCUT2D eigenvalue weighted by Gasteiger charge is -2.13. The summed E-state index contributed by atoms with van der Waals surface area (Å²) in [5, 5.41) is 17.5. The number of nitro benzene ring substituents is 1. The molecule has 0 radical (unpaired) electrons. The maximum atomic E-state index is 11.7. The highest BCUT2D eigenvalue weighted by atomic mass is 32.2. The predicted octanol–water partition coefficient (Wildman–Crippen LogP) is 2.99. The Balaban J connectivity index is 1.71. The van der Waals surface area contributed by atoms with Gasteiger partial charge in [0.25, 0.3) is 5.69 Å². The van der Waals surface area contributed by atoms with Crippen LogP contribution in [0.15, 0.2) is 47.5 Å². The van der Waals surface area contributed by atoms with Gasteiger partial charge in [-0.3, -0.25) is 15.1 Å². The molecule has 0 bridgehead atoms. The van der Waals surface area contributed by atoms with Crippen LogP contribution in [0.5, 0.6) is 0 Å². The van der Waals surface area contributed by atoms with Gasteiger partial charge < -0.3 is 10.6 Å². The number of nitro groups is 1. The van der Waals surface area contributed by atoms with Gasteiger partial charge >= 0.3 is 0 Å². The Morgan fingerprint density at radius 1 is 1.06 bits per heavy atom. The minimum atomic E-state index is -3.54. The molecule has 0 aliphatic carbocycles. The van der Waals surface area contributed by atoms with Crippen molar-refractivity contribution in [3.8, 4) is 11.5 Å². The second kappa shape index (κ2) is 9.04. The first-order chi connectivity index (χ1) is 14.7. The lowest BCUT2D eigenvalue weighted by molar-refractivity contribution is -0.384. The third kappa shape index (κ3) is 5.31. The average Bonchev–Trinajstić information content (AvgIpc) is 2.73. The van der Waals surface area contributed by atoms with Crippen LogP contribution in [0.2, 0.25) is 0 Å². The molecule has 1 aromatic carbocycles. The Morgan fingerprint density at radius 2 is 1.81 bits per heavy atom. The number of aromatic nitrogens is 3. The summed E-state index contributed by atoms with van der Waals surface area (Å²) in [7, 11) is -3.54. The van der Waals surface area contributed by atoms with Crippen molar-refractivity contribution in [2.24, 2.45) is 0 Å². The van der Waals surface area contributed by atoms with E-state index < -0.39 is 14.8 Å². The van der Waals surface area contributed by atoms with Crippen molar-refractivity contribution in [1.82, 2.24) is 15.0 Å². The van der Waals surface area contributed by atoms with Crippen molar-refractivity contribution in [3.05, 3.63) is 64.0 Å². The van der Waals surface area contributed by atoms with E-state index in [1.807, 2.05) is 32.0 Å². The summed E-state index contributed by atoms with van der Waals surface area (Å²) in [5.41, 5.74) is 2.31. The Kier molecular flexibility index (Phi) is 6.44. The van der Waals surface area contributed by atoms with E-state index in [-0.39, 0.29) is 16.3 Å². The van der Waals surface area contributed by atoms with Crippen LogP contribution >= 0.6 is 0 Å². The molecule has 0 aliphatic heterocycles. The first kappa shape index (κ1) is 22.1. The van der Waals surface area contributed by atoms with Gasteiger partial charge in [0.15, 0.2) is 15.7 Å². The minimum absolute atomic E-state index is 0.1000. The number of benzene rings is 1. The van der Waals surface area contributed by atoms with Crippen LogP contribution in [-0.2, 0) is 9.84 Å². The van der Waals surface area contributed by atoms with Crippen LogP contribution in [0.4, 0.5) is 17.2 Å². The molecule has 2 aromatic heterocycles. The van der Waals surface area contributed by atoms with Crippen molar-refractivity contribution in [2.45, 2.75) is 18.7 Å². The molecule has 3 aromatic rings. The molecule has 11 heteroatoms. The molecule has 0 atom stereocenters. The van der Waals surface area contributed by atoms with Crippen LogP contribution in [-0.4, -0.2) is 47.6 Å². The number of anilines is 2. The van der Waals surface area contributed by atoms with Crippen LogP contribution < -0.4 is 10.6 Å². The third-order valence-corrected chi connectivity index (χ3v) is 5.72. The van der Waals surface area contributed by atoms with Gasteiger partial charge in [-0.25, -0.2) is 18.4 Å². The fourth-order valence-electron chi connectivity index (χ4n) is 2.83. The molecule has 31 heavy (non-hydrogen) atoms. The average molecular weight is 443 g/mol. The van der Waals surface area contributed by atoms with E-state index in [0.29, 0.717) is 30.4 Å². The second-order valence-corrected chi connectivity index (χ2v) is 8.90. The second-order valence-electron chi connectivity index (χ2n) is 6.88. The first-order valence-electron chi connectivity index (χ1n) is 9.39. The van der Waals surface area contributed by atoms with Crippen LogP contribution in [0, 0.1) is 24.0 Å². The molecule has 0 amide bonds. The van der Waals surface area contributed by atoms with Crippen LogP contribution in [0.3, 0.4) is 0 Å². The number of sulfone groups is 1. The molecule has 162 valence electrons. The standard InChI is InChI=1S/C20H22N6O4S/c1-13-14(2)24-20(17-6-4-5-9-21-17)25-19(13)23-11-10-22-16-8-7-15(31(3,29)30)12-18(16)26(27)28/h4-9,12,22H,10-11H2,1-3H3,(H,23,24,25). The minimum Gasteiger partial charge on any atom is -0.378 e. The smallest absolute Gasteiger partial charge is 0.293 e.